The molecule has 0 aromatic carbocycles. The van der Waals surface area contributed by atoms with Gasteiger partial charge < -0.3 is 9.80 Å². The molecule has 76 valence electrons. The minimum absolute atomic E-state index is 0.818. The molecule has 1 aromatic rings. The molecule has 0 amide bonds. The van der Waals surface area contributed by atoms with Crippen LogP contribution in [-0.4, -0.2) is 44.4 Å². The highest BCUT2D eigenvalue weighted by Crippen LogP contribution is 2.25. The Hall–Kier alpha value is -0.870. The van der Waals surface area contributed by atoms with Gasteiger partial charge in [-0.05, 0) is 19.2 Å². The number of carbonyl (C=O) groups is 1. The molecule has 0 unspecified atom stereocenters. The molecule has 0 saturated carbocycles. The van der Waals surface area contributed by atoms with E-state index >= 15 is 0 Å². The largest absolute Gasteiger partial charge is 0.361 e. The van der Waals surface area contributed by atoms with Crippen molar-refractivity contribution in [1.82, 2.24) is 4.90 Å². The molecule has 1 aliphatic heterocycles. The predicted octanol–water partition coefficient (Wildman–Crippen LogP) is 1.31. The highest BCUT2D eigenvalue weighted by atomic mass is 32.1. The first-order chi connectivity index (χ1) is 6.79. The average Bonchev–Trinajstić information content (AvgIpc) is 2.67. The zero-order chi connectivity index (χ0) is 9.97. The van der Waals surface area contributed by atoms with Gasteiger partial charge in [-0.1, -0.05) is 0 Å². The van der Waals surface area contributed by atoms with Crippen LogP contribution in [-0.2, 0) is 0 Å². The number of likely N-dealkylation sites (N-methyl/N-ethyl adjacent to an activating group) is 1. The highest BCUT2D eigenvalue weighted by Gasteiger charge is 2.15. The fourth-order valence-electron chi connectivity index (χ4n) is 1.60. The lowest BCUT2D eigenvalue weighted by Crippen LogP contribution is -2.44. The summed E-state index contributed by atoms with van der Waals surface area (Å²) in [6, 6.07) is 3.94. The van der Waals surface area contributed by atoms with E-state index < -0.39 is 0 Å². The second-order valence-electron chi connectivity index (χ2n) is 3.58. The molecule has 3 nitrogen and oxygen atoms in total. The second-order valence-corrected chi connectivity index (χ2v) is 4.68. The summed E-state index contributed by atoms with van der Waals surface area (Å²) in [5.74, 6) is 0. The molecule has 0 atom stereocenters. The third-order valence-corrected chi connectivity index (χ3v) is 3.62. The number of hydrogen-bond acceptors (Lipinski definition) is 4. The van der Waals surface area contributed by atoms with Gasteiger partial charge in [0.2, 0.25) is 0 Å². The molecule has 0 spiro atoms. The van der Waals surface area contributed by atoms with E-state index in [4.69, 9.17) is 0 Å². The van der Waals surface area contributed by atoms with Crippen LogP contribution >= 0.6 is 11.3 Å². The molecule has 0 bridgehead atoms. The number of hydrogen-bond donors (Lipinski definition) is 0. The van der Waals surface area contributed by atoms with Gasteiger partial charge in [0.05, 0.1) is 9.88 Å². The van der Waals surface area contributed by atoms with Crippen LogP contribution in [0.15, 0.2) is 12.1 Å². The molecule has 1 aliphatic rings. The van der Waals surface area contributed by atoms with Gasteiger partial charge in [0, 0.05) is 26.2 Å². The van der Waals surface area contributed by atoms with Crippen molar-refractivity contribution < 1.29 is 4.79 Å². The van der Waals surface area contributed by atoms with E-state index in [9.17, 15) is 4.79 Å². The van der Waals surface area contributed by atoms with Crippen LogP contribution in [0.2, 0.25) is 0 Å². The van der Waals surface area contributed by atoms with Crippen LogP contribution in [0.25, 0.3) is 0 Å². The fourth-order valence-corrected chi connectivity index (χ4v) is 2.48. The molecule has 0 radical (unpaired) electrons. The first kappa shape index (κ1) is 9.68. The van der Waals surface area contributed by atoms with Crippen molar-refractivity contribution in [2.75, 3.05) is 38.1 Å². The molecule has 14 heavy (non-hydrogen) atoms. The molecule has 1 fully saturated rings. The number of aldehydes is 1. The molecular formula is C10H14N2OS. The van der Waals surface area contributed by atoms with Gasteiger partial charge in [0.15, 0.2) is 6.29 Å². The molecule has 1 aromatic heterocycles. The normalized spacial score (nSPS) is 18.5. The van der Waals surface area contributed by atoms with E-state index in [2.05, 4.69) is 16.8 Å². The quantitative estimate of drug-likeness (QED) is 0.688. The zero-order valence-electron chi connectivity index (χ0n) is 8.27. The summed E-state index contributed by atoms with van der Waals surface area (Å²) in [4.78, 5) is 16.0. The number of piperazine rings is 1. The third-order valence-electron chi connectivity index (χ3n) is 2.54. The first-order valence-corrected chi connectivity index (χ1v) is 5.60. The Labute approximate surface area is 87.9 Å². The molecule has 0 aliphatic carbocycles. The Kier molecular flexibility index (Phi) is 2.84. The SMILES string of the molecule is CN1CCN(c2ccc(C=O)s2)CC1. The molecule has 2 heterocycles. The summed E-state index contributed by atoms with van der Waals surface area (Å²) in [7, 11) is 2.14. The Balaban J connectivity index is 2.04. The van der Waals surface area contributed by atoms with E-state index in [0.29, 0.717) is 0 Å². The van der Waals surface area contributed by atoms with Crippen LogP contribution in [0.4, 0.5) is 5.00 Å². The van der Waals surface area contributed by atoms with Gasteiger partial charge in [-0.3, -0.25) is 4.79 Å². The molecule has 2 rings (SSSR count). The number of anilines is 1. The number of nitrogens with zero attached hydrogens (tertiary/aromatic N) is 2. The first-order valence-electron chi connectivity index (χ1n) is 4.78. The van der Waals surface area contributed by atoms with Gasteiger partial charge in [-0.2, -0.15) is 0 Å². The number of rotatable bonds is 2. The van der Waals surface area contributed by atoms with Gasteiger partial charge in [-0.25, -0.2) is 0 Å². The van der Waals surface area contributed by atoms with Crippen molar-refractivity contribution in [3.63, 3.8) is 0 Å². The molecule has 0 N–H and O–H groups in total. The Bertz CT molecular complexity index is 316. The topological polar surface area (TPSA) is 23.6 Å². The van der Waals surface area contributed by atoms with E-state index in [0.717, 1.165) is 37.3 Å². The minimum Gasteiger partial charge on any atom is -0.361 e. The third kappa shape index (κ3) is 1.96. The average molecular weight is 210 g/mol. The van der Waals surface area contributed by atoms with Gasteiger partial charge in [0.1, 0.15) is 0 Å². The fraction of sp³-hybridized carbons (Fsp3) is 0.500. The summed E-state index contributed by atoms with van der Waals surface area (Å²) < 4.78 is 0. The maximum absolute atomic E-state index is 10.5. The van der Waals surface area contributed by atoms with Crippen molar-refractivity contribution in [1.29, 1.82) is 0 Å². The number of thiophene rings is 1. The zero-order valence-corrected chi connectivity index (χ0v) is 9.09. The van der Waals surface area contributed by atoms with Crippen molar-refractivity contribution in [2.24, 2.45) is 0 Å². The lowest BCUT2D eigenvalue weighted by atomic mass is 10.3. The summed E-state index contributed by atoms with van der Waals surface area (Å²) >= 11 is 1.58. The van der Waals surface area contributed by atoms with Crippen LogP contribution in [0, 0.1) is 0 Å². The summed E-state index contributed by atoms with van der Waals surface area (Å²) in [6.07, 6.45) is 0.921. The second kappa shape index (κ2) is 4.11. The molecular weight excluding hydrogens is 196 g/mol. The predicted molar refractivity (Wildman–Crippen MR) is 59.4 cm³/mol. The molecule has 1 saturated heterocycles. The Morgan fingerprint density at radius 1 is 1.29 bits per heavy atom. The Morgan fingerprint density at radius 2 is 2.00 bits per heavy atom. The van der Waals surface area contributed by atoms with Crippen LogP contribution in [0.3, 0.4) is 0 Å². The lowest BCUT2D eigenvalue weighted by Gasteiger charge is -2.32. The van der Waals surface area contributed by atoms with E-state index in [1.165, 1.54) is 5.00 Å². The molecule has 4 heteroatoms. The summed E-state index contributed by atoms with van der Waals surface area (Å²) in [6.45, 7) is 4.34. The number of carbonyl (C=O) groups excluding carboxylic acids is 1. The monoisotopic (exact) mass is 210 g/mol. The van der Waals surface area contributed by atoms with Crippen LogP contribution < -0.4 is 4.90 Å². The van der Waals surface area contributed by atoms with Gasteiger partial charge >= 0.3 is 0 Å². The maximum Gasteiger partial charge on any atom is 0.160 e. The van der Waals surface area contributed by atoms with E-state index in [1.807, 2.05) is 12.1 Å². The summed E-state index contributed by atoms with van der Waals surface area (Å²) in [5, 5.41) is 1.22. The highest BCUT2D eigenvalue weighted by molar-refractivity contribution is 7.17. The van der Waals surface area contributed by atoms with Crippen molar-refractivity contribution in [3.05, 3.63) is 17.0 Å². The lowest BCUT2D eigenvalue weighted by molar-refractivity contribution is 0.112. The standard InChI is InChI=1S/C10H14N2OS/c1-11-4-6-12(7-5-11)10-3-2-9(8-13)14-10/h2-3,8H,4-7H2,1H3. The van der Waals surface area contributed by atoms with Gasteiger partial charge in [0.25, 0.3) is 0 Å². The van der Waals surface area contributed by atoms with E-state index in [-0.39, 0.29) is 0 Å². The van der Waals surface area contributed by atoms with E-state index in [1.54, 1.807) is 11.3 Å². The summed E-state index contributed by atoms with van der Waals surface area (Å²) in [5.41, 5.74) is 0. The Morgan fingerprint density at radius 3 is 2.57 bits per heavy atom. The van der Waals surface area contributed by atoms with Gasteiger partial charge in [-0.15, -0.1) is 11.3 Å². The van der Waals surface area contributed by atoms with Crippen molar-refractivity contribution >= 4 is 22.6 Å². The van der Waals surface area contributed by atoms with Crippen LogP contribution in [0.5, 0.6) is 0 Å². The minimum atomic E-state index is 0.818. The van der Waals surface area contributed by atoms with Crippen LogP contribution in [0.1, 0.15) is 9.67 Å². The maximum atomic E-state index is 10.5. The van der Waals surface area contributed by atoms with Crippen molar-refractivity contribution in [3.8, 4) is 0 Å². The van der Waals surface area contributed by atoms with Crippen molar-refractivity contribution in [2.45, 2.75) is 0 Å². The smallest absolute Gasteiger partial charge is 0.160 e.